The molecule has 2 heterocycles. The van der Waals surface area contributed by atoms with E-state index in [0.29, 0.717) is 24.7 Å². The SMILES string of the molecule is C[C@H](NC(=O)N(C)C)c1ccc(OC2CN(c3cccc(C(F)(F)F)n3)C2)cc1. The zero-order chi connectivity index (χ0) is 21.2. The Morgan fingerprint density at radius 3 is 2.45 bits per heavy atom. The van der Waals surface area contributed by atoms with Crippen molar-refractivity contribution in [2.45, 2.75) is 25.2 Å². The van der Waals surface area contributed by atoms with Crippen molar-refractivity contribution < 1.29 is 22.7 Å². The van der Waals surface area contributed by atoms with Crippen molar-refractivity contribution in [1.82, 2.24) is 15.2 Å². The first kappa shape index (κ1) is 20.8. The van der Waals surface area contributed by atoms with E-state index in [2.05, 4.69) is 10.3 Å². The van der Waals surface area contributed by atoms with Crippen LogP contribution in [-0.2, 0) is 6.18 Å². The highest BCUT2D eigenvalue weighted by atomic mass is 19.4. The maximum absolute atomic E-state index is 12.8. The van der Waals surface area contributed by atoms with Gasteiger partial charge in [-0.15, -0.1) is 0 Å². The number of nitrogens with zero attached hydrogens (tertiary/aromatic N) is 3. The molecule has 1 aromatic carbocycles. The fraction of sp³-hybridized carbons (Fsp3) is 0.400. The molecule has 1 aliphatic rings. The average molecular weight is 408 g/mol. The monoisotopic (exact) mass is 408 g/mol. The van der Waals surface area contributed by atoms with E-state index in [1.54, 1.807) is 25.1 Å². The summed E-state index contributed by atoms with van der Waals surface area (Å²) in [6.45, 7) is 2.82. The fourth-order valence-corrected chi connectivity index (χ4v) is 2.88. The number of anilines is 1. The van der Waals surface area contributed by atoms with Crippen LogP contribution in [-0.4, -0.2) is 49.2 Å². The summed E-state index contributed by atoms with van der Waals surface area (Å²) in [7, 11) is 3.35. The fourth-order valence-electron chi connectivity index (χ4n) is 2.88. The quantitative estimate of drug-likeness (QED) is 0.820. The third-order valence-corrected chi connectivity index (χ3v) is 4.63. The molecule has 6 nitrogen and oxygen atoms in total. The molecule has 0 unspecified atom stereocenters. The van der Waals surface area contributed by atoms with Gasteiger partial charge in [-0.1, -0.05) is 18.2 Å². The van der Waals surface area contributed by atoms with Crippen LogP contribution in [0.5, 0.6) is 5.75 Å². The van der Waals surface area contributed by atoms with Gasteiger partial charge in [-0.3, -0.25) is 0 Å². The highest BCUT2D eigenvalue weighted by Gasteiger charge is 2.35. The van der Waals surface area contributed by atoms with Crippen LogP contribution in [0.2, 0.25) is 0 Å². The van der Waals surface area contributed by atoms with Crippen LogP contribution in [0, 0.1) is 0 Å². The number of alkyl halides is 3. The number of aromatic nitrogens is 1. The normalized spacial score (nSPS) is 15.4. The second kappa shape index (κ2) is 8.18. The Balaban J connectivity index is 1.52. The molecule has 0 bridgehead atoms. The van der Waals surface area contributed by atoms with Gasteiger partial charge in [0.1, 0.15) is 23.4 Å². The lowest BCUT2D eigenvalue weighted by Crippen LogP contribution is -2.54. The molecular weight excluding hydrogens is 385 g/mol. The Morgan fingerprint density at radius 1 is 1.21 bits per heavy atom. The van der Waals surface area contributed by atoms with Crippen molar-refractivity contribution in [2.75, 3.05) is 32.1 Å². The van der Waals surface area contributed by atoms with Crippen LogP contribution < -0.4 is 15.0 Å². The topological polar surface area (TPSA) is 57.7 Å². The van der Waals surface area contributed by atoms with Gasteiger partial charge in [0, 0.05) is 14.1 Å². The summed E-state index contributed by atoms with van der Waals surface area (Å²) in [5.74, 6) is 0.960. The largest absolute Gasteiger partial charge is 0.487 e. The van der Waals surface area contributed by atoms with E-state index < -0.39 is 11.9 Å². The number of pyridine rings is 1. The smallest absolute Gasteiger partial charge is 0.433 e. The van der Waals surface area contributed by atoms with Gasteiger partial charge in [-0.2, -0.15) is 13.2 Å². The molecule has 0 spiro atoms. The molecule has 2 amide bonds. The summed E-state index contributed by atoms with van der Waals surface area (Å²) < 4.78 is 44.2. The van der Waals surface area contributed by atoms with Crippen molar-refractivity contribution in [2.24, 2.45) is 0 Å². The Labute approximate surface area is 167 Å². The predicted molar refractivity (Wildman–Crippen MR) is 103 cm³/mol. The molecule has 29 heavy (non-hydrogen) atoms. The maximum Gasteiger partial charge on any atom is 0.433 e. The van der Waals surface area contributed by atoms with E-state index in [0.717, 1.165) is 11.6 Å². The molecule has 0 aliphatic carbocycles. The van der Waals surface area contributed by atoms with Crippen molar-refractivity contribution >= 4 is 11.8 Å². The van der Waals surface area contributed by atoms with Crippen LogP contribution in [0.3, 0.4) is 0 Å². The third kappa shape index (κ3) is 5.10. The standard InChI is InChI=1S/C20H23F3N4O2/c1-13(24-19(28)26(2)3)14-7-9-15(10-8-14)29-16-11-27(12-16)18-6-4-5-17(25-18)20(21,22)23/h4-10,13,16H,11-12H2,1-3H3,(H,24,28)/t13-/m0/s1. The van der Waals surface area contributed by atoms with Gasteiger partial charge in [0.2, 0.25) is 0 Å². The molecule has 0 saturated carbocycles. The zero-order valence-corrected chi connectivity index (χ0v) is 16.4. The van der Waals surface area contributed by atoms with Crippen LogP contribution in [0.15, 0.2) is 42.5 Å². The summed E-state index contributed by atoms with van der Waals surface area (Å²) in [5.41, 5.74) is 0.0430. The van der Waals surface area contributed by atoms with Gasteiger partial charge < -0.3 is 19.9 Å². The number of benzene rings is 1. The summed E-state index contributed by atoms with van der Waals surface area (Å²) in [5, 5.41) is 2.87. The molecule has 1 aliphatic heterocycles. The van der Waals surface area contributed by atoms with E-state index in [1.165, 1.54) is 11.0 Å². The highest BCUT2D eigenvalue weighted by Crippen LogP contribution is 2.30. The molecule has 1 atom stereocenters. The minimum Gasteiger partial charge on any atom is -0.487 e. The molecule has 3 rings (SSSR count). The van der Waals surface area contributed by atoms with Crippen LogP contribution in [0.25, 0.3) is 0 Å². The maximum atomic E-state index is 12.8. The Morgan fingerprint density at radius 2 is 1.86 bits per heavy atom. The Hall–Kier alpha value is -2.97. The Kier molecular flexibility index (Phi) is 5.86. The van der Waals surface area contributed by atoms with Crippen molar-refractivity contribution in [3.8, 4) is 5.75 Å². The van der Waals surface area contributed by atoms with Gasteiger partial charge >= 0.3 is 12.2 Å². The van der Waals surface area contributed by atoms with E-state index in [4.69, 9.17) is 4.74 Å². The van der Waals surface area contributed by atoms with Crippen LogP contribution in [0.1, 0.15) is 24.2 Å². The van der Waals surface area contributed by atoms with Gasteiger partial charge in [0.15, 0.2) is 0 Å². The van der Waals surface area contributed by atoms with Gasteiger partial charge in [0.05, 0.1) is 19.1 Å². The molecule has 0 radical (unpaired) electrons. The first-order chi connectivity index (χ1) is 13.6. The third-order valence-electron chi connectivity index (χ3n) is 4.63. The molecular formula is C20H23F3N4O2. The zero-order valence-electron chi connectivity index (χ0n) is 16.4. The summed E-state index contributed by atoms with van der Waals surface area (Å²) in [4.78, 5) is 18.6. The number of hydrogen-bond donors (Lipinski definition) is 1. The number of rotatable bonds is 5. The number of halogens is 3. The van der Waals surface area contributed by atoms with E-state index in [1.807, 2.05) is 31.2 Å². The van der Waals surface area contributed by atoms with Crippen molar-refractivity contribution in [1.29, 1.82) is 0 Å². The van der Waals surface area contributed by atoms with E-state index >= 15 is 0 Å². The summed E-state index contributed by atoms with van der Waals surface area (Å²) in [6, 6.07) is 10.9. The number of amides is 2. The van der Waals surface area contributed by atoms with Crippen molar-refractivity contribution in [3.63, 3.8) is 0 Å². The highest BCUT2D eigenvalue weighted by molar-refractivity contribution is 5.74. The molecule has 156 valence electrons. The lowest BCUT2D eigenvalue weighted by atomic mass is 10.1. The number of urea groups is 1. The molecule has 1 aromatic heterocycles. The van der Waals surface area contributed by atoms with E-state index in [-0.39, 0.29) is 18.2 Å². The van der Waals surface area contributed by atoms with Crippen molar-refractivity contribution in [3.05, 3.63) is 53.7 Å². The van der Waals surface area contributed by atoms with Crippen LogP contribution >= 0.6 is 0 Å². The summed E-state index contributed by atoms with van der Waals surface area (Å²) >= 11 is 0. The van der Waals surface area contributed by atoms with Crippen LogP contribution in [0.4, 0.5) is 23.8 Å². The number of nitrogens with one attached hydrogen (secondary N) is 1. The first-order valence-corrected chi connectivity index (χ1v) is 9.17. The second-order valence-electron chi connectivity index (χ2n) is 7.16. The number of carbonyl (C=O) groups is 1. The Bertz CT molecular complexity index is 850. The second-order valence-corrected chi connectivity index (χ2v) is 7.16. The van der Waals surface area contributed by atoms with Gasteiger partial charge in [-0.25, -0.2) is 9.78 Å². The molecule has 1 fully saturated rings. The number of hydrogen-bond acceptors (Lipinski definition) is 4. The number of ether oxygens (including phenoxy) is 1. The minimum absolute atomic E-state index is 0.122. The first-order valence-electron chi connectivity index (χ1n) is 9.17. The van der Waals surface area contributed by atoms with E-state index in [9.17, 15) is 18.0 Å². The average Bonchev–Trinajstić information content (AvgIpc) is 2.64. The number of carbonyl (C=O) groups excluding carboxylic acids is 1. The van der Waals surface area contributed by atoms with Gasteiger partial charge in [-0.05, 0) is 36.8 Å². The molecule has 2 aromatic rings. The lowest BCUT2D eigenvalue weighted by molar-refractivity contribution is -0.141. The van der Waals surface area contributed by atoms with Gasteiger partial charge in [0.25, 0.3) is 0 Å². The molecule has 1 N–H and O–H groups in total. The minimum atomic E-state index is -4.46. The summed E-state index contributed by atoms with van der Waals surface area (Å²) in [6.07, 6.45) is -4.58. The molecule has 1 saturated heterocycles. The predicted octanol–water partition coefficient (Wildman–Crippen LogP) is 3.70. The molecule has 9 heteroatoms. The lowest BCUT2D eigenvalue weighted by Gasteiger charge is -2.40.